The maximum Gasteiger partial charge on any atom is 0.302 e. The number of carbonyl (C=O) groups excluding carboxylic acids is 2. The minimum atomic E-state index is -0.211. The van der Waals surface area contributed by atoms with E-state index in [1.807, 2.05) is 0 Å². The molecule has 0 saturated heterocycles. The molecular weight excluding hydrogens is 192 g/mol. The van der Waals surface area contributed by atoms with Gasteiger partial charge in [-0.05, 0) is 25.7 Å². The lowest BCUT2D eigenvalue weighted by Crippen LogP contribution is -2.13. The fourth-order valence-corrected chi connectivity index (χ4v) is 1.67. The Balaban J connectivity index is 0.000000288. The van der Waals surface area contributed by atoms with Crippen LogP contribution in [0.4, 0.5) is 0 Å². The summed E-state index contributed by atoms with van der Waals surface area (Å²) < 4.78 is 4.40. The maximum absolute atomic E-state index is 10.8. The van der Waals surface area contributed by atoms with Crippen molar-refractivity contribution in [2.24, 2.45) is 5.92 Å². The van der Waals surface area contributed by atoms with E-state index in [2.05, 4.69) is 11.7 Å². The van der Waals surface area contributed by atoms with Crippen molar-refractivity contribution in [3.05, 3.63) is 0 Å². The van der Waals surface area contributed by atoms with Crippen LogP contribution < -0.4 is 0 Å². The molecule has 0 heterocycles. The SMILES string of the molecule is CCC1CCCC(=O)C1.CCOC(C)=O. The van der Waals surface area contributed by atoms with Crippen LogP contribution >= 0.6 is 0 Å². The molecule has 0 radical (unpaired) electrons. The molecule has 15 heavy (non-hydrogen) atoms. The number of esters is 1. The summed E-state index contributed by atoms with van der Waals surface area (Å²) in [6, 6.07) is 0. The van der Waals surface area contributed by atoms with Gasteiger partial charge in [-0.15, -0.1) is 0 Å². The second kappa shape index (κ2) is 8.45. The number of rotatable bonds is 2. The fourth-order valence-electron chi connectivity index (χ4n) is 1.67. The van der Waals surface area contributed by atoms with Crippen LogP contribution in [-0.2, 0) is 14.3 Å². The molecule has 0 aliphatic heterocycles. The van der Waals surface area contributed by atoms with Crippen molar-refractivity contribution >= 4 is 11.8 Å². The highest BCUT2D eigenvalue weighted by Gasteiger charge is 2.16. The average Bonchev–Trinajstić information content (AvgIpc) is 2.18. The first-order valence-corrected chi connectivity index (χ1v) is 5.75. The van der Waals surface area contributed by atoms with E-state index in [0.717, 1.165) is 19.3 Å². The highest BCUT2D eigenvalue weighted by atomic mass is 16.5. The van der Waals surface area contributed by atoms with Gasteiger partial charge in [-0.3, -0.25) is 9.59 Å². The van der Waals surface area contributed by atoms with Gasteiger partial charge in [-0.25, -0.2) is 0 Å². The molecule has 1 aliphatic carbocycles. The lowest BCUT2D eigenvalue weighted by atomic mass is 9.87. The molecule has 0 spiro atoms. The van der Waals surface area contributed by atoms with Crippen LogP contribution in [0.2, 0.25) is 0 Å². The van der Waals surface area contributed by atoms with Crippen LogP contribution in [0.3, 0.4) is 0 Å². The average molecular weight is 214 g/mol. The molecule has 0 aromatic heterocycles. The molecular formula is C12H22O3. The lowest BCUT2D eigenvalue weighted by Gasteiger charge is -2.18. The Morgan fingerprint density at radius 3 is 2.40 bits per heavy atom. The van der Waals surface area contributed by atoms with E-state index in [0.29, 0.717) is 18.3 Å². The number of hydrogen-bond donors (Lipinski definition) is 0. The van der Waals surface area contributed by atoms with Crippen LogP contribution in [0, 0.1) is 5.92 Å². The van der Waals surface area contributed by atoms with Gasteiger partial charge in [0.15, 0.2) is 0 Å². The molecule has 0 aromatic rings. The molecule has 0 aromatic carbocycles. The topological polar surface area (TPSA) is 43.4 Å². The van der Waals surface area contributed by atoms with Crippen molar-refractivity contribution in [2.45, 2.75) is 52.9 Å². The molecule has 3 heteroatoms. The number of ether oxygens (including phenoxy) is 1. The first-order valence-electron chi connectivity index (χ1n) is 5.75. The summed E-state index contributed by atoms with van der Waals surface area (Å²) >= 11 is 0. The third-order valence-electron chi connectivity index (χ3n) is 2.51. The number of carbonyl (C=O) groups is 2. The quantitative estimate of drug-likeness (QED) is 0.664. The molecule has 1 rings (SSSR count). The van der Waals surface area contributed by atoms with Crippen LogP contribution in [0.5, 0.6) is 0 Å². The lowest BCUT2D eigenvalue weighted by molar-refractivity contribution is -0.140. The normalized spacial score (nSPS) is 20.2. The Labute approximate surface area is 92.2 Å². The van der Waals surface area contributed by atoms with Crippen LogP contribution in [0.15, 0.2) is 0 Å². The van der Waals surface area contributed by atoms with Crippen LogP contribution in [0.25, 0.3) is 0 Å². The first kappa shape index (κ1) is 14.1. The predicted octanol–water partition coefficient (Wildman–Crippen LogP) is 2.73. The van der Waals surface area contributed by atoms with Crippen molar-refractivity contribution in [3.63, 3.8) is 0 Å². The molecule has 0 amide bonds. The van der Waals surface area contributed by atoms with E-state index < -0.39 is 0 Å². The monoisotopic (exact) mass is 214 g/mol. The van der Waals surface area contributed by atoms with E-state index in [4.69, 9.17) is 0 Å². The Morgan fingerprint density at radius 1 is 1.47 bits per heavy atom. The molecule has 0 bridgehead atoms. The first-order chi connectivity index (χ1) is 7.10. The molecule has 1 atom stereocenters. The Kier molecular flexibility index (Phi) is 7.96. The van der Waals surface area contributed by atoms with E-state index in [-0.39, 0.29) is 5.97 Å². The van der Waals surface area contributed by atoms with Crippen molar-refractivity contribution in [1.82, 2.24) is 0 Å². The second-order valence-electron chi connectivity index (χ2n) is 3.83. The highest BCUT2D eigenvalue weighted by molar-refractivity contribution is 5.79. The van der Waals surface area contributed by atoms with Gasteiger partial charge in [-0.2, -0.15) is 0 Å². The maximum atomic E-state index is 10.8. The van der Waals surface area contributed by atoms with Crippen molar-refractivity contribution in [3.8, 4) is 0 Å². The van der Waals surface area contributed by atoms with Gasteiger partial charge in [0.1, 0.15) is 5.78 Å². The highest BCUT2D eigenvalue weighted by Crippen LogP contribution is 2.23. The van der Waals surface area contributed by atoms with Gasteiger partial charge in [0.25, 0.3) is 0 Å². The van der Waals surface area contributed by atoms with Gasteiger partial charge in [0, 0.05) is 19.8 Å². The zero-order chi connectivity index (χ0) is 11.7. The minimum absolute atomic E-state index is 0.211. The molecule has 1 fully saturated rings. The predicted molar refractivity (Wildman–Crippen MR) is 59.6 cm³/mol. The third kappa shape index (κ3) is 8.16. The van der Waals surface area contributed by atoms with E-state index in [9.17, 15) is 9.59 Å². The number of ketones is 1. The van der Waals surface area contributed by atoms with Crippen LogP contribution in [0.1, 0.15) is 52.9 Å². The molecule has 3 nitrogen and oxygen atoms in total. The standard InChI is InChI=1S/C8H14O.C4H8O2/c1-2-7-4-3-5-8(9)6-7;1-3-6-4(2)5/h7H,2-6H2,1H3;3H2,1-2H3. The van der Waals surface area contributed by atoms with Gasteiger partial charge in [0.2, 0.25) is 0 Å². The van der Waals surface area contributed by atoms with Crippen molar-refractivity contribution < 1.29 is 14.3 Å². The minimum Gasteiger partial charge on any atom is -0.466 e. The van der Waals surface area contributed by atoms with E-state index >= 15 is 0 Å². The molecule has 1 unspecified atom stereocenters. The molecule has 1 aliphatic rings. The molecule has 1 saturated carbocycles. The number of hydrogen-bond acceptors (Lipinski definition) is 3. The van der Waals surface area contributed by atoms with Crippen molar-refractivity contribution in [2.75, 3.05) is 6.61 Å². The summed E-state index contributed by atoms with van der Waals surface area (Å²) in [5, 5.41) is 0. The summed E-state index contributed by atoms with van der Waals surface area (Å²) in [7, 11) is 0. The Bertz CT molecular complexity index is 199. The van der Waals surface area contributed by atoms with Gasteiger partial charge >= 0.3 is 5.97 Å². The largest absolute Gasteiger partial charge is 0.466 e. The van der Waals surface area contributed by atoms with Gasteiger partial charge < -0.3 is 4.74 Å². The zero-order valence-corrected chi connectivity index (χ0v) is 10.0. The molecule has 0 N–H and O–H groups in total. The summed E-state index contributed by atoms with van der Waals surface area (Å²) in [5.74, 6) is 0.983. The van der Waals surface area contributed by atoms with Crippen LogP contribution in [-0.4, -0.2) is 18.4 Å². The zero-order valence-electron chi connectivity index (χ0n) is 10.0. The summed E-state index contributed by atoms with van der Waals surface area (Å²) in [6.45, 7) is 5.82. The Hall–Kier alpha value is -0.860. The fraction of sp³-hybridized carbons (Fsp3) is 0.833. The Morgan fingerprint density at radius 2 is 2.13 bits per heavy atom. The van der Waals surface area contributed by atoms with E-state index in [1.165, 1.54) is 19.8 Å². The summed E-state index contributed by atoms with van der Waals surface area (Å²) in [5.41, 5.74) is 0. The smallest absolute Gasteiger partial charge is 0.302 e. The summed E-state index contributed by atoms with van der Waals surface area (Å²) in [6.07, 6.45) is 5.30. The molecule has 88 valence electrons. The van der Waals surface area contributed by atoms with Gasteiger partial charge in [-0.1, -0.05) is 13.3 Å². The van der Waals surface area contributed by atoms with Gasteiger partial charge in [0.05, 0.1) is 6.61 Å². The summed E-state index contributed by atoms with van der Waals surface area (Å²) in [4.78, 5) is 20.7. The number of Topliss-reactive ketones (excluding diaryl/α,β-unsaturated/α-hetero) is 1. The second-order valence-corrected chi connectivity index (χ2v) is 3.83. The van der Waals surface area contributed by atoms with Crippen molar-refractivity contribution in [1.29, 1.82) is 0 Å². The van der Waals surface area contributed by atoms with E-state index in [1.54, 1.807) is 6.92 Å². The third-order valence-corrected chi connectivity index (χ3v) is 2.51.